The monoisotopic (exact) mass is 426 g/mol. The number of hydrogen-bond donors (Lipinski definition) is 2. The number of nitrogens with one attached hydrogen (secondary N) is 1. The maximum Gasteiger partial charge on any atom is 0.263 e. The fourth-order valence-corrected chi connectivity index (χ4v) is 4.23. The highest BCUT2D eigenvalue weighted by molar-refractivity contribution is 6.12. The minimum atomic E-state index is -0.570. The zero-order chi connectivity index (χ0) is 21.4. The summed E-state index contributed by atoms with van der Waals surface area (Å²) in [4.78, 5) is 25.8. The summed E-state index contributed by atoms with van der Waals surface area (Å²) in [6.07, 6.45) is 6.54. The number of halogens is 1. The Hall–Kier alpha value is -3.31. The minimum absolute atomic E-state index is 0.0200. The van der Waals surface area contributed by atoms with E-state index in [0.29, 0.717) is 11.7 Å². The van der Waals surface area contributed by atoms with Crippen molar-refractivity contribution in [2.24, 2.45) is 0 Å². The molecule has 0 radical (unpaired) electrons. The highest BCUT2D eigenvalue weighted by Gasteiger charge is 2.28. The van der Waals surface area contributed by atoms with E-state index in [2.05, 4.69) is 30.2 Å². The molecule has 0 aromatic carbocycles. The number of rotatable bonds is 4. The van der Waals surface area contributed by atoms with E-state index in [9.17, 15) is 9.18 Å². The van der Waals surface area contributed by atoms with Crippen LogP contribution in [0.1, 0.15) is 16.8 Å². The van der Waals surface area contributed by atoms with E-state index in [4.69, 9.17) is 10.5 Å². The largest absolute Gasteiger partial charge is 0.381 e. The van der Waals surface area contributed by atoms with Gasteiger partial charge in [-0.15, -0.1) is 5.10 Å². The molecule has 0 aliphatic carbocycles. The lowest BCUT2D eigenvalue weighted by Crippen LogP contribution is -2.50. The van der Waals surface area contributed by atoms with Gasteiger partial charge in [0.25, 0.3) is 5.91 Å². The van der Waals surface area contributed by atoms with Crippen molar-refractivity contribution in [2.75, 3.05) is 55.3 Å². The molecule has 3 aromatic heterocycles. The second kappa shape index (κ2) is 8.08. The summed E-state index contributed by atoms with van der Waals surface area (Å²) in [6.45, 7) is 5.17. The molecule has 2 aliphatic heterocycles. The third-order valence-corrected chi connectivity index (χ3v) is 5.82. The van der Waals surface area contributed by atoms with Crippen molar-refractivity contribution >= 4 is 28.7 Å². The molecule has 0 bridgehead atoms. The number of nitrogens with two attached hydrogens (primary N) is 1. The van der Waals surface area contributed by atoms with Gasteiger partial charge in [-0.2, -0.15) is 0 Å². The number of amides is 1. The van der Waals surface area contributed by atoms with Gasteiger partial charge in [-0.05, 0) is 12.5 Å². The predicted octanol–water partition coefficient (Wildman–Crippen LogP) is 1.01. The number of carbonyl (C=O) groups is 1. The zero-order valence-corrected chi connectivity index (χ0v) is 16.9. The lowest BCUT2D eigenvalue weighted by molar-refractivity contribution is 0.102. The SMILES string of the molecule is Nc1nn2cc(F)cnc2c1C(=O)Nc1cnccc1N1CCN(C2CCOC2)CC1. The van der Waals surface area contributed by atoms with Crippen molar-refractivity contribution in [1.82, 2.24) is 24.5 Å². The Bertz CT molecular complexity index is 1110. The molecule has 1 unspecified atom stereocenters. The molecule has 3 N–H and O–H groups in total. The van der Waals surface area contributed by atoms with Crippen LogP contribution < -0.4 is 16.0 Å². The van der Waals surface area contributed by atoms with Gasteiger partial charge in [0.05, 0.1) is 36.6 Å². The first-order valence-electron chi connectivity index (χ1n) is 10.2. The van der Waals surface area contributed by atoms with Crippen LogP contribution in [-0.4, -0.2) is 75.8 Å². The first kappa shape index (κ1) is 19.6. The molecule has 5 heterocycles. The van der Waals surface area contributed by atoms with E-state index < -0.39 is 11.7 Å². The van der Waals surface area contributed by atoms with Crippen LogP contribution in [0.4, 0.5) is 21.6 Å². The van der Waals surface area contributed by atoms with E-state index in [1.165, 1.54) is 0 Å². The average Bonchev–Trinajstić information content (AvgIpc) is 3.41. The predicted molar refractivity (Wildman–Crippen MR) is 113 cm³/mol. The number of piperazine rings is 1. The molecule has 2 aliphatic rings. The van der Waals surface area contributed by atoms with Gasteiger partial charge in [-0.25, -0.2) is 13.9 Å². The van der Waals surface area contributed by atoms with Crippen LogP contribution in [-0.2, 0) is 4.74 Å². The van der Waals surface area contributed by atoms with Crippen LogP contribution in [0.2, 0.25) is 0 Å². The maximum absolute atomic E-state index is 13.4. The summed E-state index contributed by atoms with van der Waals surface area (Å²) in [7, 11) is 0. The third-order valence-electron chi connectivity index (χ3n) is 5.82. The van der Waals surface area contributed by atoms with E-state index in [0.717, 1.165) is 68.4 Å². The van der Waals surface area contributed by atoms with E-state index in [-0.39, 0.29) is 17.0 Å². The molecule has 2 saturated heterocycles. The van der Waals surface area contributed by atoms with Gasteiger partial charge in [0, 0.05) is 45.0 Å². The van der Waals surface area contributed by atoms with E-state index in [1.807, 2.05) is 6.07 Å². The molecule has 0 saturated carbocycles. The molecule has 10 nitrogen and oxygen atoms in total. The number of ether oxygens (including phenoxy) is 1. The molecule has 162 valence electrons. The smallest absolute Gasteiger partial charge is 0.263 e. The molecule has 1 amide bonds. The molecule has 5 rings (SSSR count). The summed E-state index contributed by atoms with van der Waals surface area (Å²) in [6, 6.07) is 2.38. The normalized spacial score (nSPS) is 19.8. The summed E-state index contributed by atoms with van der Waals surface area (Å²) in [5, 5.41) is 6.86. The van der Waals surface area contributed by atoms with Crippen molar-refractivity contribution in [3.05, 3.63) is 42.2 Å². The Morgan fingerprint density at radius 2 is 2.10 bits per heavy atom. The topological polar surface area (TPSA) is 114 Å². The van der Waals surface area contributed by atoms with Crippen LogP contribution in [0.15, 0.2) is 30.9 Å². The highest BCUT2D eigenvalue weighted by atomic mass is 19.1. The quantitative estimate of drug-likeness (QED) is 0.635. The van der Waals surface area contributed by atoms with Crippen molar-refractivity contribution < 1.29 is 13.9 Å². The summed E-state index contributed by atoms with van der Waals surface area (Å²) in [5.41, 5.74) is 7.67. The molecule has 11 heteroatoms. The second-order valence-electron chi connectivity index (χ2n) is 7.69. The van der Waals surface area contributed by atoms with Gasteiger partial charge >= 0.3 is 0 Å². The van der Waals surface area contributed by atoms with Crippen molar-refractivity contribution in [3.8, 4) is 0 Å². The van der Waals surface area contributed by atoms with E-state index in [1.54, 1.807) is 12.4 Å². The molecule has 31 heavy (non-hydrogen) atoms. The number of pyridine rings is 1. The van der Waals surface area contributed by atoms with Crippen LogP contribution >= 0.6 is 0 Å². The van der Waals surface area contributed by atoms with Crippen LogP contribution in [0.5, 0.6) is 0 Å². The Balaban J connectivity index is 1.34. The van der Waals surface area contributed by atoms with Crippen LogP contribution in [0.3, 0.4) is 0 Å². The van der Waals surface area contributed by atoms with Crippen molar-refractivity contribution in [1.29, 1.82) is 0 Å². The number of nitrogens with zero attached hydrogens (tertiary/aromatic N) is 6. The van der Waals surface area contributed by atoms with Crippen molar-refractivity contribution in [3.63, 3.8) is 0 Å². The van der Waals surface area contributed by atoms with Crippen LogP contribution in [0, 0.1) is 5.82 Å². The van der Waals surface area contributed by atoms with Gasteiger partial charge < -0.3 is 20.7 Å². The molecule has 0 spiro atoms. The average molecular weight is 426 g/mol. The van der Waals surface area contributed by atoms with Gasteiger partial charge in [0.1, 0.15) is 5.56 Å². The Morgan fingerprint density at radius 1 is 1.26 bits per heavy atom. The number of carbonyl (C=O) groups excluding carboxylic acids is 1. The summed E-state index contributed by atoms with van der Waals surface area (Å²) in [5.74, 6) is -1.06. The standard InChI is InChI=1S/C20H23FN8O2/c21-13-9-24-19-17(18(22)26-29(19)11-13)20(30)25-15-10-23-3-1-16(15)28-6-4-27(5-7-28)14-2-8-31-12-14/h1,3,9-11,14H,2,4-8,12H2,(H2,22,26)(H,25,30). The lowest BCUT2D eigenvalue weighted by atomic mass is 10.1. The van der Waals surface area contributed by atoms with Gasteiger partial charge in [-0.3, -0.25) is 14.7 Å². The van der Waals surface area contributed by atoms with E-state index >= 15 is 0 Å². The molecular formula is C20H23FN8O2. The maximum atomic E-state index is 13.4. The zero-order valence-electron chi connectivity index (χ0n) is 16.9. The number of aromatic nitrogens is 4. The molecule has 3 aromatic rings. The first-order valence-corrected chi connectivity index (χ1v) is 10.2. The van der Waals surface area contributed by atoms with Gasteiger partial charge in [-0.1, -0.05) is 0 Å². The molecular weight excluding hydrogens is 403 g/mol. The van der Waals surface area contributed by atoms with Crippen molar-refractivity contribution in [2.45, 2.75) is 12.5 Å². The highest BCUT2D eigenvalue weighted by Crippen LogP contribution is 2.28. The number of fused-ring (bicyclic) bond motifs is 1. The Kier molecular flexibility index (Phi) is 5.12. The molecule has 1 atom stereocenters. The number of nitrogen functional groups attached to an aromatic ring is 1. The lowest BCUT2D eigenvalue weighted by Gasteiger charge is -2.39. The Morgan fingerprint density at radius 3 is 2.87 bits per heavy atom. The number of hydrogen-bond acceptors (Lipinski definition) is 8. The second-order valence-corrected chi connectivity index (χ2v) is 7.69. The van der Waals surface area contributed by atoms with Gasteiger partial charge in [0.15, 0.2) is 17.3 Å². The summed E-state index contributed by atoms with van der Waals surface area (Å²) >= 11 is 0. The molecule has 2 fully saturated rings. The summed E-state index contributed by atoms with van der Waals surface area (Å²) < 4.78 is 20.1. The first-order chi connectivity index (χ1) is 15.1. The fraction of sp³-hybridized carbons (Fsp3) is 0.400. The fourth-order valence-electron chi connectivity index (χ4n) is 4.23. The Labute approximate surface area is 177 Å². The number of anilines is 3. The van der Waals surface area contributed by atoms with Gasteiger partial charge in [0.2, 0.25) is 0 Å². The minimum Gasteiger partial charge on any atom is -0.381 e. The van der Waals surface area contributed by atoms with Crippen LogP contribution in [0.25, 0.3) is 5.65 Å². The third kappa shape index (κ3) is 3.77.